The average Bonchev–Trinajstić information content (AvgIpc) is 3.35. The van der Waals surface area contributed by atoms with Gasteiger partial charge < -0.3 is 26.0 Å². The lowest BCUT2D eigenvalue weighted by atomic mass is 9.90. The van der Waals surface area contributed by atoms with Gasteiger partial charge in [0.2, 0.25) is 11.9 Å². The smallest absolute Gasteiger partial charge is 0.236 e. The molecule has 0 spiro atoms. The van der Waals surface area contributed by atoms with E-state index in [2.05, 4.69) is 50.5 Å². The summed E-state index contributed by atoms with van der Waals surface area (Å²) in [5.74, 6) is 2.20. The zero-order valence-corrected chi connectivity index (χ0v) is 23.9. The molecule has 0 aliphatic carbocycles. The molecule has 0 unspecified atom stereocenters. The molecule has 2 aliphatic rings. The standard InChI is InChI=1S/C28H42N10O2/c1-4-5-8-31-27-26-22(34-28(29)35-27)15-33-38(26)17-23-24(40-3)13-21(14-32-23)20-6-10-37(11-7-20)25(39)18-36-12-9-30-19(2)16-36/h13-15,19-20,30H,4-12,16-18H2,1-3H3,(H3,29,31,34,35)/t19-/m0/s1. The molecule has 5 rings (SSSR count). The number of ether oxygens (including phenoxy) is 1. The van der Waals surface area contributed by atoms with E-state index >= 15 is 0 Å². The maximum atomic E-state index is 12.9. The number of piperazine rings is 1. The molecule has 216 valence electrons. The van der Waals surface area contributed by atoms with Crippen LogP contribution in [-0.2, 0) is 11.3 Å². The third kappa shape index (κ3) is 6.44. The molecule has 0 saturated carbocycles. The van der Waals surface area contributed by atoms with Crippen molar-refractivity contribution in [3.63, 3.8) is 0 Å². The third-order valence-electron chi connectivity index (χ3n) is 7.93. The zero-order valence-electron chi connectivity index (χ0n) is 23.9. The van der Waals surface area contributed by atoms with Crippen molar-refractivity contribution in [1.29, 1.82) is 0 Å². The van der Waals surface area contributed by atoms with Crippen LogP contribution in [0.2, 0.25) is 0 Å². The molecule has 1 amide bonds. The fourth-order valence-electron chi connectivity index (χ4n) is 5.70. The highest BCUT2D eigenvalue weighted by molar-refractivity contribution is 5.86. The number of pyridine rings is 1. The summed E-state index contributed by atoms with van der Waals surface area (Å²) in [6.45, 7) is 10.4. The largest absolute Gasteiger partial charge is 0.495 e. The summed E-state index contributed by atoms with van der Waals surface area (Å²) >= 11 is 0. The number of piperidine rings is 1. The first-order chi connectivity index (χ1) is 19.4. The predicted octanol–water partition coefficient (Wildman–Crippen LogP) is 2.07. The molecule has 5 heterocycles. The molecule has 2 saturated heterocycles. The van der Waals surface area contributed by atoms with Gasteiger partial charge in [-0.2, -0.15) is 10.1 Å². The van der Waals surface area contributed by atoms with E-state index < -0.39 is 0 Å². The summed E-state index contributed by atoms with van der Waals surface area (Å²) in [5.41, 5.74) is 9.35. The second-order valence-corrected chi connectivity index (χ2v) is 10.9. The Hall–Kier alpha value is -3.51. The second-order valence-electron chi connectivity index (χ2n) is 10.9. The van der Waals surface area contributed by atoms with Crippen molar-refractivity contribution in [2.45, 2.75) is 58.0 Å². The van der Waals surface area contributed by atoms with Gasteiger partial charge in [-0.05, 0) is 43.7 Å². The number of hydrogen-bond donors (Lipinski definition) is 3. The number of fused-ring (bicyclic) bond motifs is 1. The number of unbranched alkanes of at least 4 members (excludes halogenated alkanes) is 1. The zero-order chi connectivity index (χ0) is 28.1. The van der Waals surface area contributed by atoms with Gasteiger partial charge in [0.1, 0.15) is 22.5 Å². The number of anilines is 2. The molecule has 4 N–H and O–H groups in total. The van der Waals surface area contributed by atoms with Gasteiger partial charge in [0, 0.05) is 51.5 Å². The molecule has 2 aliphatic heterocycles. The fraction of sp³-hybridized carbons (Fsp3) is 0.607. The normalized spacial score (nSPS) is 18.8. The Morgan fingerprint density at radius 1 is 1.23 bits per heavy atom. The molecule has 40 heavy (non-hydrogen) atoms. The van der Waals surface area contributed by atoms with Crippen LogP contribution < -0.4 is 21.1 Å². The van der Waals surface area contributed by atoms with Crippen molar-refractivity contribution < 1.29 is 9.53 Å². The Kier molecular flexibility index (Phi) is 8.95. The molecule has 3 aromatic heterocycles. The molecule has 12 heteroatoms. The van der Waals surface area contributed by atoms with Crippen LogP contribution in [0.5, 0.6) is 5.75 Å². The Balaban J connectivity index is 1.24. The lowest BCUT2D eigenvalue weighted by Gasteiger charge is -2.36. The van der Waals surface area contributed by atoms with Crippen LogP contribution in [0.4, 0.5) is 11.8 Å². The molecule has 0 aromatic carbocycles. The third-order valence-corrected chi connectivity index (χ3v) is 7.93. The van der Waals surface area contributed by atoms with Crippen LogP contribution in [0.25, 0.3) is 11.0 Å². The highest BCUT2D eigenvalue weighted by Gasteiger charge is 2.27. The Labute approximate surface area is 235 Å². The van der Waals surface area contributed by atoms with E-state index in [4.69, 9.17) is 15.5 Å². The van der Waals surface area contributed by atoms with Crippen molar-refractivity contribution in [1.82, 2.24) is 39.8 Å². The van der Waals surface area contributed by atoms with Crippen molar-refractivity contribution in [2.75, 3.05) is 64.0 Å². The maximum absolute atomic E-state index is 12.9. The minimum Gasteiger partial charge on any atom is -0.495 e. The quantitative estimate of drug-likeness (QED) is 0.322. The minimum atomic E-state index is 0.220. The number of methoxy groups -OCH3 is 1. The van der Waals surface area contributed by atoms with Crippen molar-refractivity contribution in [2.24, 2.45) is 0 Å². The molecular weight excluding hydrogens is 508 g/mol. The summed E-state index contributed by atoms with van der Waals surface area (Å²) in [4.78, 5) is 30.8. The van der Waals surface area contributed by atoms with E-state index in [1.807, 2.05) is 15.8 Å². The Bertz CT molecular complexity index is 1300. The SMILES string of the molecule is CCCCNc1nc(N)nc2cnn(Cc3ncc(C4CCN(C(=O)CN5CCN[C@@H](C)C5)CC4)cc3OC)c12. The van der Waals surface area contributed by atoms with Crippen LogP contribution in [0, 0.1) is 0 Å². The topological polar surface area (TPSA) is 139 Å². The van der Waals surface area contributed by atoms with E-state index in [9.17, 15) is 4.79 Å². The fourth-order valence-corrected chi connectivity index (χ4v) is 5.70. The number of rotatable bonds is 10. The first-order valence-corrected chi connectivity index (χ1v) is 14.4. The number of nitrogens with two attached hydrogens (primary N) is 1. The number of nitrogens with zero attached hydrogens (tertiary/aromatic N) is 7. The monoisotopic (exact) mass is 550 g/mol. The first kappa shape index (κ1) is 28.0. The van der Waals surface area contributed by atoms with Gasteiger partial charge in [0.05, 0.1) is 26.4 Å². The lowest BCUT2D eigenvalue weighted by Crippen LogP contribution is -2.52. The van der Waals surface area contributed by atoms with Crippen LogP contribution in [0.1, 0.15) is 56.7 Å². The van der Waals surface area contributed by atoms with Gasteiger partial charge in [-0.3, -0.25) is 19.4 Å². The van der Waals surface area contributed by atoms with Gasteiger partial charge in [0.15, 0.2) is 5.82 Å². The number of aromatic nitrogens is 5. The summed E-state index contributed by atoms with van der Waals surface area (Å²) in [6.07, 6.45) is 7.60. The number of likely N-dealkylation sites (tertiary alicyclic amines) is 1. The first-order valence-electron chi connectivity index (χ1n) is 14.4. The number of carbonyl (C=O) groups is 1. The average molecular weight is 551 g/mol. The van der Waals surface area contributed by atoms with Gasteiger partial charge in [0.25, 0.3) is 0 Å². The van der Waals surface area contributed by atoms with E-state index in [1.165, 1.54) is 0 Å². The number of carbonyl (C=O) groups excluding carboxylic acids is 1. The molecule has 0 bridgehead atoms. The Morgan fingerprint density at radius 2 is 2.05 bits per heavy atom. The molecule has 2 fully saturated rings. The van der Waals surface area contributed by atoms with E-state index in [0.717, 1.165) is 87.5 Å². The van der Waals surface area contributed by atoms with Crippen LogP contribution in [-0.4, -0.2) is 99.4 Å². The van der Waals surface area contributed by atoms with Gasteiger partial charge >= 0.3 is 0 Å². The van der Waals surface area contributed by atoms with Crippen LogP contribution >= 0.6 is 0 Å². The minimum absolute atomic E-state index is 0.220. The van der Waals surface area contributed by atoms with Crippen LogP contribution in [0.3, 0.4) is 0 Å². The summed E-state index contributed by atoms with van der Waals surface area (Å²) in [5, 5.41) is 11.4. The number of amides is 1. The Morgan fingerprint density at radius 3 is 2.80 bits per heavy atom. The maximum Gasteiger partial charge on any atom is 0.236 e. The van der Waals surface area contributed by atoms with Crippen molar-refractivity contribution in [3.05, 3.63) is 29.7 Å². The summed E-state index contributed by atoms with van der Waals surface area (Å²) in [7, 11) is 1.67. The lowest BCUT2D eigenvalue weighted by molar-refractivity contribution is -0.133. The van der Waals surface area contributed by atoms with E-state index in [1.54, 1.807) is 13.3 Å². The van der Waals surface area contributed by atoms with Crippen molar-refractivity contribution in [3.8, 4) is 5.75 Å². The summed E-state index contributed by atoms with van der Waals surface area (Å²) < 4.78 is 7.62. The molecule has 12 nitrogen and oxygen atoms in total. The molecule has 0 radical (unpaired) electrons. The summed E-state index contributed by atoms with van der Waals surface area (Å²) in [6, 6.07) is 2.52. The van der Waals surface area contributed by atoms with E-state index in [-0.39, 0.29) is 11.9 Å². The number of hydrogen-bond acceptors (Lipinski definition) is 10. The predicted molar refractivity (Wildman–Crippen MR) is 155 cm³/mol. The van der Waals surface area contributed by atoms with Gasteiger partial charge in [-0.1, -0.05) is 13.3 Å². The molecule has 1 atom stereocenters. The number of nitrogen functional groups attached to an aromatic ring is 1. The second kappa shape index (κ2) is 12.8. The van der Waals surface area contributed by atoms with E-state index in [0.29, 0.717) is 36.4 Å². The molecular formula is C28H42N10O2. The van der Waals surface area contributed by atoms with Gasteiger partial charge in [-0.15, -0.1) is 0 Å². The van der Waals surface area contributed by atoms with Crippen molar-refractivity contribution >= 4 is 28.7 Å². The van der Waals surface area contributed by atoms with Gasteiger partial charge in [-0.25, -0.2) is 4.98 Å². The molecule has 3 aromatic rings. The highest BCUT2D eigenvalue weighted by Crippen LogP contribution is 2.32. The van der Waals surface area contributed by atoms with Crippen LogP contribution in [0.15, 0.2) is 18.5 Å². The highest BCUT2D eigenvalue weighted by atomic mass is 16.5. The number of nitrogens with one attached hydrogen (secondary N) is 2.